The van der Waals surface area contributed by atoms with Crippen LogP contribution < -0.4 is 0 Å². The van der Waals surface area contributed by atoms with Crippen molar-refractivity contribution in [3.8, 4) is 0 Å². The van der Waals surface area contributed by atoms with Gasteiger partial charge >= 0.3 is 0 Å². The van der Waals surface area contributed by atoms with Gasteiger partial charge in [0.2, 0.25) is 0 Å². The third-order valence-electron chi connectivity index (χ3n) is 3.77. The second kappa shape index (κ2) is 7.23. The molecule has 0 saturated carbocycles. The van der Waals surface area contributed by atoms with Crippen LogP contribution >= 0.6 is 0 Å². The fraction of sp³-hybridized carbons (Fsp3) is 0.688. The van der Waals surface area contributed by atoms with E-state index in [9.17, 15) is 0 Å². The molecule has 23 heavy (non-hydrogen) atoms. The van der Waals surface area contributed by atoms with Gasteiger partial charge in [-0.1, -0.05) is 6.58 Å². The second-order valence-corrected chi connectivity index (χ2v) is 6.14. The van der Waals surface area contributed by atoms with E-state index in [-0.39, 0.29) is 18.3 Å². The largest absolute Gasteiger partial charge is 0.478 e. The number of rotatable bonds is 7. The third kappa shape index (κ3) is 4.39. The van der Waals surface area contributed by atoms with Crippen LogP contribution in [0.3, 0.4) is 0 Å². The highest BCUT2D eigenvalue weighted by Crippen LogP contribution is 2.11. The summed E-state index contributed by atoms with van der Waals surface area (Å²) in [6.45, 7) is 11.6. The van der Waals surface area contributed by atoms with Gasteiger partial charge < -0.3 is 14.2 Å². The summed E-state index contributed by atoms with van der Waals surface area (Å²) in [6, 6.07) is 0.452. The van der Waals surface area contributed by atoms with Crippen molar-refractivity contribution in [2.45, 2.75) is 32.2 Å². The fourth-order valence-corrected chi connectivity index (χ4v) is 2.70. The molecule has 0 amide bonds. The Labute approximate surface area is 136 Å². The first-order chi connectivity index (χ1) is 11.1. The van der Waals surface area contributed by atoms with Gasteiger partial charge in [0.15, 0.2) is 18.0 Å². The molecule has 0 fully saturated rings. The van der Waals surface area contributed by atoms with Crippen molar-refractivity contribution < 1.29 is 14.2 Å². The van der Waals surface area contributed by atoms with Gasteiger partial charge in [0.05, 0.1) is 37.5 Å². The van der Waals surface area contributed by atoms with Crippen LogP contribution in [-0.4, -0.2) is 80.2 Å². The van der Waals surface area contributed by atoms with Gasteiger partial charge in [-0.3, -0.25) is 9.89 Å². The minimum absolute atomic E-state index is 0.226. The highest BCUT2D eigenvalue weighted by molar-refractivity contribution is 5.90. The number of aliphatic imine (C=N–C) groups is 3. The summed E-state index contributed by atoms with van der Waals surface area (Å²) < 4.78 is 16.8. The highest BCUT2D eigenvalue weighted by Gasteiger charge is 2.24. The van der Waals surface area contributed by atoms with Crippen LogP contribution in [0.4, 0.5) is 0 Å². The van der Waals surface area contributed by atoms with Crippen LogP contribution in [0.5, 0.6) is 0 Å². The Morgan fingerprint density at radius 1 is 1.04 bits per heavy atom. The van der Waals surface area contributed by atoms with E-state index in [1.165, 1.54) is 0 Å². The predicted octanol–water partition coefficient (Wildman–Crippen LogP) is 0.906. The first-order valence-electron chi connectivity index (χ1n) is 8.03. The molecule has 0 aromatic carbocycles. The van der Waals surface area contributed by atoms with E-state index in [4.69, 9.17) is 14.2 Å². The summed E-state index contributed by atoms with van der Waals surface area (Å²) >= 11 is 0. The third-order valence-corrected chi connectivity index (χ3v) is 3.77. The van der Waals surface area contributed by atoms with E-state index in [0.717, 1.165) is 17.5 Å². The molecule has 0 aliphatic carbocycles. The van der Waals surface area contributed by atoms with Crippen molar-refractivity contribution in [2.24, 2.45) is 15.0 Å². The SMILES string of the molecule is C=C[C@@H]1N=C(CN(CC2=N[C@@H](C)CO2)CC2=N[C@@H](C)CO2)CO1. The Morgan fingerprint density at radius 2 is 1.65 bits per heavy atom. The lowest BCUT2D eigenvalue weighted by Crippen LogP contribution is -2.39. The van der Waals surface area contributed by atoms with Gasteiger partial charge in [-0.15, -0.1) is 0 Å². The predicted molar refractivity (Wildman–Crippen MR) is 89.5 cm³/mol. The summed E-state index contributed by atoms with van der Waals surface area (Å²) in [5.41, 5.74) is 0.994. The van der Waals surface area contributed by atoms with E-state index in [1.807, 2.05) is 13.8 Å². The van der Waals surface area contributed by atoms with Crippen LogP contribution in [0.1, 0.15) is 13.8 Å². The van der Waals surface area contributed by atoms with Crippen molar-refractivity contribution in [3.63, 3.8) is 0 Å². The Balaban J connectivity index is 1.64. The van der Waals surface area contributed by atoms with Crippen molar-refractivity contribution in [1.29, 1.82) is 0 Å². The molecule has 3 aliphatic heterocycles. The van der Waals surface area contributed by atoms with E-state index >= 15 is 0 Å². The van der Waals surface area contributed by atoms with Crippen molar-refractivity contribution in [2.75, 3.05) is 39.5 Å². The first kappa shape index (κ1) is 16.1. The van der Waals surface area contributed by atoms with Crippen molar-refractivity contribution in [3.05, 3.63) is 12.7 Å². The summed E-state index contributed by atoms with van der Waals surface area (Å²) in [7, 11) is 0. The Bertz CT molecular complexity index is 513. The number of hydrogen-bond acceptors (Lipinski definition) is 7. The summed E-state index contributed by atoms with van der Waals surface area (Å²) in [5, 5.41) is 0. The van der Waals surface area contributed by atoms with E-state index < -0.39 is 0 Å². The minimum atomic E-state index is -0.230. The van der Waals surface area contributed by atoms with Gasteiger partial charge in [-0.25, -0.2) is 9.98 Å². The van der Waals surface area contributed by atoms with Crippen LogP contribution in [0, 0.1) is 0 Å². The molecule has 7 heteroatoms. The minimum Gasteiger partial charge on any atom is -0.478 e. The summed E-state index contributed by atoms with van der Waals surface area (Å²) in [6.07, 6.45) is 1.47. The highest BCUT2D eigenvalue weighted by atomic mass is 16.5. The number of hydrogen-bond donors (Lipinski definition) is 0. The van der Waals surface area contributed by atoms with E-state index in [1.54, 1.807) is 6.08 Å². The van der Waals surface area contributed by atoms with Crippen LogP contribution in [0.15, 0.2) is 27.6 Å². The lowest BCUT2D eigenvalue weighted by atomic mass is 10.3. The quantitative estimate of drug-likeness (QED) is 0.654. The van der Waals surface area contributed by atoms with Gasteiger partial charge in [0.25, 0.3) is 0 Å². The molecule has 3 aliphatic rings. The summed E-state index contributed by atoms with van der Waals surface area (Å²) in [5.74, 6) is 1.54. The topological polar surface area (TPSA) is 68.0 Å². The monoisotopic (exact) mass is 320 g/mol. The Kier molecular flexibility index (Phi) is 5.07. The standard InChI is InChI=1S/C16H24N4O3/c1-4-14-19-13(10-23-14)5-20(6-15-17-11(2)8-21-15)7-16-18-12(3)9-22-16/h4,11-12,14H,1,5-10H2,2-3H3/t11-,12-,14+/m0/s1. The van der Waals surface area contributed by atoms with Crippen LogP contribution in [0.25, 0.3) is 0 Å². The molecule has 126 valence electrons. The number of ether oxygens (including phenoxy) is 3. The summed E-state index contributed by atoms with van der Waals surface area (Å²) in [4.78, 5) is 15.7. The molecule has 0 aromatic rings. The van der Waals surface area contributed by atoms with E-state index in [2.05, 4.69) is 26.5 Å². The number of nitrogens with zero attached hydrogens (tertiary/aromatic N) is 4. The van der Waals surface area contributed by atoms with Crippen molar-refractivity contribution in [1.82, 2.24) is 4.90 Å². The molecule has 3 rings (SSSR count). The maximum absolute atomic E-state index is 5.63. The van der Waals surface area contributed by atoms with Crippen LogP contribution in [-0.2, 0) is 14.2 Å². The van der Waals surface area contributed by atoms with Crippen LogP contribution in [0.2, 0.25) is 0 Å². The molecule has 3 atom stereocenters. The van der Waals surface area contributed by atoms with Crippen molar-refractivity contribution >= 4 is 17.5 Å². The molecular weight excluding hydrogens is 296 g/mol. The molecular formula is C16H24N4O3. The lowest BCUT2D eigenvalue weighted by Gasteiger charge is -2.21. The average Bonchev–Trinajstić information content (AvgIpc) is 3.22. The second-order valence-electron chi connectivity index (χ2n) is 6.14. The maximum Gasteiger partial charge on any atom is 0.198 e. The van der Waals surface area contributed by atoms with E-state index in [0.29, 0.717) is 39.5 Å². The zero-order chi connectivity index (χ0) is 16.2. The molecule has 0 bridgehead atoms. The Hall–Kier alpha value is -1.73. The normalized spacial score (nSPS) is 29.9. The molecule has 0 aromatic heterocycles. The Morgan fingerprint density at radius 3 is 2.09 bits per heavy atom. The van der Waals surface area contributed by atoms with Gasteiger partial charge in [-0.05, 0) is 19.9 Å². The molecule has 0 spiro atoms. The molecule has 0 N–H and O–H groups in total. The fourth-order valence-electron chi connectivity index (χ4n) is 2.70. The zero-order valence-corrected chi connectivity index (χ0v) is 13.8. The molecule has 3 heterocycles. The first-order valence-corrected chi connectivity index (χ1v) is 8.03. The van der Waals surface area contributed by atoms with Gasteiger partial charge in [-0.2, -0.15) is 0 Å². The molecule has 7 nitrogen and oxygen atoms in total. The zero-order valence-electron chi connectivity index (χ0n) is 13.8. The van der Waals surface area contributed by atoms with Gasteiger partial charge in [0, 0.05) is 6.54 Å². The molecule has 0 radical (unpaired) electrons. The molecule has 0 unspecified atom stereocenters. The molecule has 0 saturated heterocycles. The average molecular weight is 320 g/mol. The maximum atomic E-state index is 5.63. The smallest absolute Gasteiger partial charge is 0.198 e. The lowest BCUT2D eigenvalue weighted by molar-refractivity contribution is 0.145. The van der Waals surface area contributed by atoms with Gasteiger partial charge in [0.1, 0.15) is 13.2 Å².